The maximum Gasteiger partial charge on any atom is 0.0197 e. The summed E-state index contributed by atoms with van der Waals surface area (Å²) in [5.41, 5.74) is 0. The molecule has 2 aliphatic carbocycles. The van der Waals surface area contributed by atoms with Crippen molar-refractivity contribution < 1.29 is 0 Å². The number of piperidine rings is 1. The highest BCUT2D eigenvalue weighted by molar-refractivity contribution is 4.97. The van der Waals surface area contributed by atoms with E-state index in [9.17, 15) is 0 Å². The van der Waals surface area contributed by atoms with Crippen molar-refractivity contribution in [2.24, 2.45) is 11.8 Å². The highest BCUT2D eigenvalue weighted by atomic mass is 15.2. The zero-order valence-electron chi connectivity index (χ0n) is 11.5. The first-order valence-corrected chi connectivity index (χ1v) is 7.72. The maximum absolute atomic E-state index is 3.74. The molecule has 4 atom stereocenters. The fraction of sp³-hybridized carbons (Fsp3) is 1.00. The molecule has 3 fully saturated rings. The third-order valence-electron chi connectivity index (χ3n) is 5.19. The molecule has 17 heavy (non-hydrogen) atoms. The number of hydrogen-bond acceptors (Lipinski definition) is 2. The van der Waals surface area contributed by atoms with Gasteiger partial charge in [-0.25, -0.2) is 0 Å². The second-order valence-electron chi connectivity index (χ2n) is 6.90. The van der Waals surface area contributed by atoms with Crippen LogP contribution in [0.3, 0.4) is 0 Å². The van der Waals surface area contributed by atoms with E-state index in [1.54, 1.807) is 6.42 Å². The minimum atomic E-state index is 0.639. The molecule has 2 saturated carbocycles. The summed E-state index contributed by atoms with van der Waals surface area (Å²) in [6, 6.07) is 2.34. The molecule has 0 amide bonds. The average Bonchev–Trinajstić information content (AvgIpc) is 2.90. The van der Waals surface area contributed by atoms with Crippen molar-refractivity contribution in [3.05, 3.63) is 0 Å². The van der Waals surface area contributed by atoms with Crippen molar-refractivity contribution in [3.63, 3.8) is 0 Å². The van der Waals surface area contributed by atoms with Gasteiger partial charge in [-0.3, -0.25) is 4.90 Å². The van der Waals surface area contributed by atoms with Gasteiger partial charge < -0.3 is 5.32 Å². The maximum atomic E-state index is 3.74. The lowest BCUT2D eigenvalue weighted by Crippen LogP contribution is -2.52. The molecule has 2 bridgehead atoms. The van der Waals surface area contributed by atoms with Gasteiger partial charge in [0.2, 0.25) is 0 Å². The Morgan fingerprint density at radius 2 is 2.00 bits per heavy atom. The zero-order valence-corrected chi connectivity index (χ0v) is 11.5. The molecule has 1 aliphatic heterocycles. The molecule has 1 saturated heterocycles. The van der Waals surface area contributed by atoms with E-state index in [0.717, 1.165) is 23.9 Å². The third-order valence-corrected chi connectivity index (χ3v) is 5.19. The summed E-state index contributed by atoms with van der Waals surface area (Å²) in [6.07, 6.45) is 8.90. The molecule has 3 aliphatic rings. The van der Waals surface area contributed by atoms with Gasteiger partial charge in [0.15, 0.2) is 0 Å². The van der Waals surface area contributed by atoms with E-state index in [0.29, 0.717) is 6.04 Å². The molecule has 2 nitrogen and oxygen atoms in total. The molecule has 98 valence electrons. The van der Waals surface area contributed by atoms with Gasteiger partial charge in [-0.05, 0) is 50.5 Å². The van der Waals surface area contributed by atoms with Gasteiger partial charge in [-0.2, -0.15) is 0 Å². The topological polar surface area (TPSA) is 15.3 Å². The third kappa shape index (κ3) is 2.53. The second kappa shape index (κ2) is 4.89. The van der Waals surface area contributed by atoms with Crippen LogP contribution < -0.4 is 5.32 Å². The van der Waals surface area contributed by atoms with E-state index >= 15 is 0 Å². The Morgan fingerprint density at radius 1 is 1.12 bits per heavy atom. The SMILES string of the molecule is CC(C)NC1CCCN(C2CC3CCC2C3)C1. The lowest BCUT2D eigenvalue weighted by molar-refractivity contribution is 0.0976. The molecular formula is C15H28N2. The van der Waals surface area contributed by atoms with Crippen LogP contribution in [0.15, 0.2) is 0 Å². The van der Waals surface area contributed by atoms with E-state index in [1.165, 1.54) is 45.2 Å². The summed E-state index contributed by atoms with van der Waals surface area (Å²) in [7, 11) is 0. The van der Waals surface area contributed by atoms with Gasteiger partial charge in [-0.15, -0.1) is 0 Å². The lowest BCUT2D eigenvalue weighted by atomic mass is 9.91. The van der Waals surface area contributed by atoms with Crippen LogP contribution in [-0.4, -0.2) is 36.1 Å². The molecule has 2 heteroatoms. The van der Waals surface area contributed by atoms with Crippen LogP contribution in [0.25, 0.3) is 0 Å². The fourth-order valence-electron chi connectivity index (χ4n) is 4.57. The predicted molar refractivity (Wildman–Crippen MR) is 72.1 cm³/mol. The Bertz CT molecular complexity index is 264. The number of likely N-dealkylation sites (tertiary alicyclic amines) is 1. The number of nitrogens with one attached hydrogen (secondary N) is 1. The Morgan fingerprint density at radius 3 is 2.65 bits per heavy atom. The Balaban J connectivity index is 1.56. The standard InChI is InChI=1S/C15H28N2/c1-11(2)16-14-4-3-7-17(10-14)15-9-12-5-6-13(15)8-12/h11-16H,3-10H2,1-2H3. The fourth-order valence-corrected chi connectivity index (χ4v) is 4.57. The summed E-state index contributed by atoms with van der Waals surface area (Å²) in [4.78, 5) is 2.83. The number of nitrogens with zero attached hydrogens (tertiary/aromatic N) is 1. The smallest absolute Gasteiger partial charge is 0.0197 e. The van der Waals surface area contributed by atoms with Gasteiger partial charge in [0, 0.05) is 24.7 Å². The van der Waals surface area contributed by atoms with Crippen LogP contribution in [0.5, 0.6) is 0 Å². The van der Waals surface area contributed by atoms with Crippen LogP contribution in [0, 0.1) is 11.8 Å². The molecule has 0 aromatic carbocycles. The molecule has 3 rings (SSSR count). The van der Waals surface area contributed by atoms with Crippen molar-refractivity contribution in [1.29, 1.82) is 0 Å². The summed E-state index contributed by atoms with van der Waals surface area (Å²) in [5, 5.41) is 3.74. The van der Waals surface area contributed by atoms with Crippen molar-refractivity contribution >= 4 is 0 Å². The summed E-state index contributed by atoms with van der Waals surface area (Å²) < 4.78 is 0. The molecule has 0 aromatic heterocycles. The lowest BCUT2D eigenvalue weighted by Gasteiger charge is -2.41. The molecular weight excluding hydrogens is 208 g/mol. The summed E-state index contributed by atoms with van der Waals surface area (Å²) >= 11 is 0. The number of rotatable bonds is 3. The van der Waals surface area contributed by atoms with Gasteiger partial charge in [0.05, 0.1) is 0 Å². The van der Waals surface area contributed by atoms with Crippen LogP contribution >= 0.6 is 0 Å². The highest BCUT2D eigenvalue weighted by Crippen LogP contribution is 2.47. The van der Waals surface area contributed by atoms with Crippen LogP contribution in [0.2, 0.25) is 0 Å². The van der Waals surface area contributed by atoms with Crippen LogP contribution in [-0.2, 0) is 0 Å². The highest BCUT2D eigenvalue weighted by Gasteiger charge is 2.43. The number of fused-ring (bicyclic) bond motifs is 2. The van der Waals surface area contributed by atoms with Gasteiger partial charge in [0.1, 0.15) is 0 Å². The second-order valence-corrected chi connectivity index (χ2v) is 6.90. The molecule has 0 radical (unpaired) electrons. The van der Waals surface area contributed by atoms with Crippen molar-refractivity contribution in [3.8, 4) is 0 Å². The van der Waals surface area contributed by atoms with Crippen LogP contribution in [0.4, 0.5) is 0 Å². The van der Waals surface area contributed by atoms with Gasteiger partial charge in [-0.1, -0.05) is 20.3 Å². The van der Waals surface area contributed by atoms with E-state index in [4.69, 9.17) is 0 Å². The normalized spacial score (nSPS) is 42.5. The summed E-state index contributed by atoms with van der Waals surface area (Å²) in [5.74, 6) is 2.14. The first-order valence-electron chi connectivity index (χ1n) is 7.72. The minimum absolute atomic E-state index is 0.639. The molecule has 1 heterocycles. The van der Waals surface area contributed by atoms with E-state index in [2.05, 4.69) is 24.1 Å². The Kier molecular flexibility index (Phi) is 3.45. The van der Waals surface area contributed by atoms with E-state index < -0.39 is 0 Å². The predicted octanol–water partition coefficient (Wildman–Crippen LogP) is 2.64. The van der Waals surface area contributed by atoms with Gasteiger partial charge >= 0.3 is 0 Å². The Hall–Kier alpha value is -0.0800. The quantitative estimate of drug-likeness (QED) is 0.810. The molecule has 1 N–H and O–H groups in total. The Labute approximate surface area is 106 Å². The average molecular weight is 236 g/mol. The van der Waals surface area contributed by atoms with Crippen LogP contribution in [0.1, 0.15) is 52.4 Å². The van der Waals surface area contributed by atoms with E-state index in [1.807, 2.05) is 0 Å². The van der Waals surface area contributed by atoms with Gasteiger partial charge in [0.25, 0.3) is 0 Å². The minimum Gasteiger partial charge on any atom is -0.311 e. The first kappa shape index (κ1) is 12.0. The largest absolute Gasteiger partial charge is 0.311 e. The summed E-state index contributed by atoms with van der Waals surface area (Å²) in [6.45, 7) is 7.23. The molecule has 0 spiro atoms. The van der Waals surface area contributed by atoms with Crippen molar-refractivity contribution in [2.45, 2.75) is 70.5 Å². The first-order chi connectivity index (χ1) is 8.22. The zero-order chi connectivity index (χ0) is 11.8. The van der Waals surface area contributed by atoms with Crippen molar-refractivity contribution in [2.75, 3.05) is 13.1 Å². The van der Waals surface area contributed by atoms with Crippen molar-refractivity contribution in [1.82, 2.24) is 10.2 Å². The van der Waals surface area contributed by atoms with E-state index in [-0.39, 0.29) is 0 Å². The molecule has 4 unspecified atom stereocenters. The number of hydrogen-bond donors (Lipinski definition) is 1. The monoisotopic (exact) mass is 236 g/mol. The molecule has 0 aromatic rings.